The Morgan fingerprint density at radius 3 is 2.67 bits per heavy atom. The van der Waals surface area contributed by atoms with Crippen LogP contribution in [0.2, 0.25) is 0 Å². The van der Waals surface area contributed by atoms with E-state index >= 15 is 0 Å². The number of nitrogens with one attached hydrogen (secondary N) is 2. The Morgan fingerprint density at radius 1 is 1.29 bits per heavy atom. The highest BCUT2D eigenvalue weighted by atomic mass is 32.2. The Labute approximate surface area is 123 Å². The molecule has 0 aliphatic heterocycles. The maximum atomic E-state index is 12.1. The minimum Gasteiger partial charge on any atom is -0.370 e. The summed E-state index contributed by atoms with van der Waals surface area (Å²) in [5.74, 6) is 1.07. The van der Waals surface area contributed by atoms with Crippen molar-refractivity contribution in [2.75, 3.05) is 11.9 Å². The second kappa shape index (κ2) is 6.64. The molecule has 2 heterocycles. The second-order valence-electron chi connectivity index (χ2n) is 4.46. The Kier molecular flexibility index (Phi) is 4.86. The number of aryl methyl sites for hydroxylation is 1. The zero-order valence-corrected chi connectivity index (χ0v) is 12.8. The summed E-state index contributed by atoms with van der Waals surface area (Å²) in [7, 11) is -1.90. The summed E-state index contributed by atoms with van der Waals surface area (Å²) < 4.78 is 28.2. The molecule has 0 aliphatic rings. The molecular formula is C12H18N6O2S. The Hall–Kier alpha value is -2.00. The van der Waals surface area contributed by atoms with Crippen LogP contribution in [0.25, 0.3) is 0 Å². The molecule has 2 aromatic heterocycles. The smallest absolute Gasteiger partial charge is 0.242 e. The average molecular weight is 310 g/mol. The Balaban J connectivity index is 2.01. The van der Waals surface area contributed by atoms with Crippen LogP contribution in [0.5, 0.6) is 0 Å². The van der Waals surface area contributed by atoms with Crippen LogP contribution in [0.4, 0.5) is 5.82 Å². The van der Waals surface area contributed by atoms with Crippen molar-refractivity contribution in [3.63, 3.8) is 0 Å². The molecule has 114 valence electrons. The van der Waals surface area contributed by atoms with E-state index in [0.717, 1.165) is 13.0 Å². The van der Waals surface area contributed by atoms with Crippen LogP contribution in [0.15, 0.2) is 29.6 Å². The van der Waals surface area contributed by atoms with Gasteiger partial charge in [0, 0.05) is 19.8 Å². The van der Waals surface area contributed by atoms with Gasteiger partial charge in [0.2, 0.25) is 10.0 Å². The summed E-state index contributed by atoms with van der Waals surface area (Å²) in [5.41, 5.74) is 0. The van der Waals surface area contributed by atoms with E-state index in [2.05, 4.69) is 25.1 Å². The molecule has 0 unspecified atom stereocenters. The molecule has 21 heavy (non-hydrogen) atoms. The van der Waals surface area contributed by atoms with Crippen molar-refractivity contribution in [1.29, 1.82) is 0 Å². The number of anilines is 1. The summed E-state index contributed by atoms with van der Waals surface area (Å²) >= 11 is 0. The van der Waals surface area contributed by atoms with Gasteiger partial charge in [0.25, 0.3) is 0 Å². The first-order chi connectivity index (χ1) is 10.0. The minimum atomic E-state index is -3.62. The van der Waals surface area contributed by atoms with Gasteiger partial charge in [-0.15, -0.1) is 0 Å². The fraction of sp³-hybridized carbons (Fsp3) is 0.417. The molecule has 0 amide bonds. The maximum Gasteiger partial charge on any atom is 0.242 e. The predicted octanol–water partition coefficient (Wildman–Crippen LogP) is 0.510. The van der Waals surface area contributed by atoms with E-state index in [1.54, 1.807) is 13.1 Å². The normalized spacial score (nSPS) is 11.5. The van der Waals surface area contributed by atoms with E-state index in [1.807, 2.05) is 6.92 Å². The summed E-state index contributed by atoms with van der Waals surface area (Å²) in [6, 6.07) is 3.16. The van der Waals surface area contributed by atoms with Crippen LogP contribution >= 0.6 is 0 Å². The van der Waals surface area contributed by atoms with Crippen molar-refractivity contribution in [3.8, 4) is 0 Å². The lowest BCUT2D eigenvalue weighted by Gasteiger charge is -2.07. The van der Waals surface area contributed by atoms with Crippen molar-refractivity contribution in [1.82, 2.24) is 24.5 Å². The summed E-state index contributed by atoms with van der Waals surface area (Å²) in [6.45, 7) is 2.88. The van der Waals surface area contributed by atoms with Gasteiger partial charge in [-0.05, 0) is 18.6 Å². The molecule has 0 fully saturated rings. The van der Waals surface area contributed by atoms with Gasteiger partial charge >= 0.3 is 0 Å². The van der Waals surface area contributed by atoms with Gasteiger partial charge in [0.15, 0.2) is 5.82 Å². The topological polar surface area (TPSA) is 102 Å². The fourth-order valence-corrected chi connectivity index (χ4v) is 2.53. The van der Waals surface area contributed by atoms with Gasteiger partial charge in [0.05, 0.1) is 6.54 Å². The first kappa shape index (κ1) is 15.4. The minimum absolute atomic E-state index is 0.0407. The van der Waals surface area contributed by atoms with E-state index in [-0.39, 0.29) is 11.4 Å². The highest BCUT2D eigenvalue weighted by Gasteiger charge is 2.15. The molecule has 9 heteroatoms. The standard InChI is InChI=1S/C12H18N6O2S/c1-3-6-13-11-5-4-10(7-14-11)21(19,20)16-8-12-15-9-18(2)17-12/h4-5,7,9,16H,3,6,8H2,1-2H3,(H,13,14). The molecule has 0 radical (unpaired) electrons. The zero-order chi connectivity index (χ0) is 15.3. The summed E-state index contributed by atoms with van der Waals surface area (Å²) in [4.78, 5) is 8.15. The highest BCUT2D eigenvalue weighted by molar-refractivity contribution is 7.89. The Bertz CT molecular complexity index is 680. The van der Waals surface area contributed by atoms with Crippen molar-refractivity contribution in [2.45, 2.75) is 24.8 Å². The molecule has 0 atom stereocenters. The number of nitrogens with zero attached hydrogens (tertiary/aromatic N) is 4. The first-order valence-corrected chi connectivity index (χ1v) is 8.03. The van der Waals surface area contributed by atoms with E-state index in [4.69, 9.17) is 0 Å². The lowest BCUT2D eigenvalue weighted by molar-refractivity contribution is 0.578. The Morgan fingerprint density at radius 2 is 2.10 bits per heavy atom. The molecule has 0 spiro atoms. The lowest BCUT2D eigenvalue weighted by atomic mass is 10.4. The quantitative estimate of drug-likeness (QED) is 0.772. The van der Waals surface area contributed by atoms with Gasteiger partial charge < -0.3 is 5.32 Å². The molecule has 2 N–H and O–H groups in total. The third-order valence-corrected chi connectivity index (χ3v) is 4.06. The third-order valence-electron chi connectivity index (χ3n) is 2.67. The second-order valence-corrected chi connectivity index (χ2v) is 6.23. The molecule has 0 aromatic carbocycles. The molecule has 0 saturated heterocycles. The maximum absolute atomic E-state index is 12.1. The van der Waals surface area contributed by atoms with Crippen LogP contribution < -0.4 is 10.0 Å². The van der Waals surface area contributed by atoms with Gasteiger partial charge in [-0.25, -0.2) is 23.1 Å². The van der Waals surface area contributed by atoms with E-state index in [1.165, 1.54) is 23.3 Å². The van der Waals surface area contributed by atoms with E-state index in [9.17, 15) is 8.42 Å². The number of sulfonamides is 1. The van der Waals surface area contributed by atoms with Crippen molar-refractivity contribution in [2.24, 2.45) is 7.05 Å². The summed E-state index contributed by atoms with van der Waals surface area (Å²) in [5, 5.41) is 7.09. The molecular weight excluding hydrogens is 292 g/mol. The predicted molar refractivity (Wildman–Crippen MR) is 78.0 cm³/mol. The third kappa shape index (κ3) is 4.23. The zero-order valence-electron chi connectivity index (χ0n) is 11.9. The molecule has 8 nitrogen and oxygen atoms in total. The number of rotatable bonds is 7. The van der Waals surface area contributed by atoms with Crippen molar-refractivity contribution in [3.05, 3.63) is 30.5 Å². The number of aromatic nitrogens is 4. The molecule has 0 aliphatic carbocycles. The highest BCUT2D eigenvalue weighted by Crippen LogP contribution is 2.10. The largest absolute Gasteiger partial charge is 0.370 e. The number of pyridine rings is 1. The molecule has 2 aromatic rings. The van der Waals surface area contributed by atoms with Gasteiger partial charge in [0.1, 0.15) is 17.0 Å². The van der Waals surface area contributed by atoms with Crippen molar-refractivity contribution >= 4 is 15.8 Å². The van der Waals surface area contributed by atoms with Crippen LogP contribution in [0.1, 0.15) is 19.2 Å². The molecule has 2 rings (SSSR count). The van der Waals surface area contributed by atoms with Crippen LogP contribution in [0, 0.1) is 0 Å². The molecule has 0 bridgehead atoms. The number of hydrogen-bond donors (Lipinski definition) is 2. The first-order valence-electron chi connectivity index (χ1n) is 6.55. The SMILES string of the molecule is CCCNc1ccc(S(=O)(=O)NCc2ncn(C)n2)cn1. The molecule has 0 saturated carbocycles. The van der Waals surface area contributed by atoms with Crippen LogP contribution in [-0.4, -0.2) is 34.7 Å². The van der Waals surface area contributed by atoms with E-state index in [0.29, 0.717) is 11.6 Å². The van der Waals surface area contributed by atoms with E-state index < -0.39 is 10.0 Å². The monoisotopic (exact) mass is 310 g/mol. The average Bonchev–Trinajstić information content (AvgIpc) is 2.89. The van der Waals surface area contributed by atoms with Gasteiger partial charge in [-0.3, -0.25) is 4.68 Å². The van der Waals surface area contributed by atoms with Crippen LogP contribution in [0.3, 0.4) is 0 Å². The number of hydrogen-bond acceptors (Lipinski definition) is 6. The van der Waals surface area contributed by atoms with Gasteiger partial charge in [-0.1, -0.05) is 6.92 Å². The van der Waals surface area contributed by atoms with Crippen molar-refractivity contribution < 1.29 is 8.42 Å². The summed E-state index contributed by atoms with van der Waals surface area (Å²) in [6.07, 6.45) is 3.81. The van der Waals surface area contributed by atoms with Gasteiger partial charge in [-0.2, -0.15) is 5.10 Å². The fourth-order valence-electron chi connectivity index (χ4n) is 1.60. The lowest BCUT2D eigenvalue weighted by Crippen LogP contribution is -2.24. The van der Waals surface area contributed by atoms with Crippen LogP contribution in [-0.2, 0) is 23.6 Å².